The molecule has 2 aromatic rings. The predicted molar refractivity (Wildman–Crippen MR) is 77.4 cm³/mol. The van der Waals surface area contributed by atoms with Crippen molar-refractivity contribution in [1.29, 1.82) is 0 Å². The second kappa shape index (κ2) is 5.31. The van der Waals surface area contributed by atoms with E-state index in [0.717, 1.165) is 10.9 Å². The summed E-state index contributed by atoms with van der Waals surface area (Å²) in [4.78, 5) is 22.4. The molecule has 1 aliphatic heterocycles. The number of aromatic nitrogens is 4. The Morgan fingerprint density at radius 3 is 3.04 bits per heavy atom. The molecular formula is C13H14FN5O4. The van der Waals surface area contributed by atoms with E-state index >= 15 is 4.39 Å². The maximum Gasteiger partial charge on any atom is 0.280 e. The third-order valence-electron chi connectivity index (χ3n) is 3.77. The molecule has 4 atom stereocenters. The molecule has 1 fully saturated rings. The van der Waals surface area contributed by atoms with Crippen molar-refractivity contribution in [1.82, 2.24) is 19.5 Å². The normalized spacial score (nSPS) is 30.5. The van der Waals surface area contributed by atoms with Crippen molar-refractivity contribution in [3.05, 3.63) is 16.7 Å². The topological polar surface area (TPSA) is 125 Å². The van der Waals surface area contributed by atoms with Crippen LogP contribution in [0.25, 0.3) is 11.2 Å². The van der Waals surface area contributed by atoms with Gasteiger partial charge < -0.3 is 20.3 Å². The van der Waals surface area contributed by atoms with E-state index in [4.69, 9.17) is 11.2 Å². The van der Waals surface area contributed by atoms with Gasteiger partial charge in [-0.2, -0.15) is 4.98 Å². The van der Waals surface area contributed by atoms with Crippen molar-refractivity contribution in [3.8, 4) is 12.3 Å². The first kappa shape index (κ1) is 15.4. The molecule has 9 nitrogen and oxygen atoms in total. The van der Waals surface area contributed by atoms with Gasteiger partial charge in [-0.15, -0.1) is 6.42 Å². The van der Waals surface area contributed by atoms with Gasteiger partial charge in [-0.25, -0.2) is 9.37 Å². The fourth-order valence-corrected chi connectivity index (χ4v) is 2.54. The van der Waals surface area contributed by atoms with E-state index in [-0.39, 0.29) is 17.1 Å². The average molecular weight is 323 g/mol. The van der Waals surface area contributed by atoms with Crippen LogP contribution in [0.1, 0.15) is 6.23 Å². The number of anilines is 1. The Hall–Kier alpha value is -2.48. The smallest absolute Gasteiger partial charge is 0.280 e. The van der Waals surface area contributed by atoms with Crippen LogP contribution in [0.15, 0.2) is 11.1 Å². The zero-order chi connectivity index (χ0) is 16.8. The van der Waals surface area contributed by atoms with Crippen LogP contribution >= 0.6 is 0 Å². The fraction of sp³-hybridized carbons (Fsp3) is 0.462. The largest absolute Gasteiger partial charge is 0.394 e. The molecule has 0 spiro atoms. The zero-order valence-electron chi connectivity index (χ0n) is 12.0. The third kappa shape index (κ3) is 2.09. The van der Waals surface area contributed by atoms with E-state index < -0.39 is 36.3 Å². The van der Waals surface area contributed by atoms with Crippen LogP contribution in [0.4, 0.5) is 10.3 Å². The van der Waals surface area contributed by atoms with Crippen LogP contribution in [0, 0.1) is 12.3 Å². The lowest BCUT2D eigenvalue weighted by Crippen LogP contribution is -2.42. The number of H-pyrrole nitrogens is 1. The van der Waals surface area contributed by atoms with Crippen LogP contribution in [0.2, 0.25) is 0 Å². The van der Waals surface area contributed by atoms with Crippen LogP contribution in [-0.2, 0) is 4.74 Å². The molecule has 2 aromatic heterocycles. The van der Waals surface area contributed by atoms with Gasteiger partial charge in [-0.3, -0.25) is 14.3 Å². The summed E-state index contributed by atoms with van der Waals surface area (Å²) < 4.78 is 21.5. The van der Waals surface area contributed by atoms with Crippen LogP contribution in [0.3, 0.4) is 0 Å². The minimum Gasteiger partial charge on any atom is -0.394 e. The highest BCUT2D eigenvalue weighted by atomic mass is 19.1. The Bertz CT molecular complexity index is 843. The molecule has 0 saturated carbocycles. The van der Waals surface area contributed by atoms with Crippen molar-refractivity contribution in [2.75, 3.05) is 19.0 Å². The molecule has 3 rings (SSSR count). The number of aliphatic hydroxyl groups is 2. The molecular weight excluding hydrogens is 309 g/mol. The number of hydrogen-bond acceptors (Lipinski definition) is 7. The maximum atomic E-state index is 15.0. The van der Waals surface area contributed by atoms with Gasteiger partial charge in [-0.05, 0) is 0 Å². The number of aliphatic hydroxyl groups excluding tert-OH is 2. The van der Waals surface area contributed by atoms with E-state index in [9.17, 15) is 15.0 Å². The number of nitrogens with one attached hydrogen (secondary N) is 2. The highest BCUT2D eigenvalue weighted by Crippen LogP contribution is 2.41. The van der Waals surface area contributed by atoms with E-state index in [1.54, 1.807) is 7.05 Å². The highest BCUT2D eigenvalue weighted by Gasteiger charge is 2.57. The molecule has 0 aliphatic carbocycles. The number of imidazole rings is 1. The molecule has 0 amide bonds. The molecule has 122 valence electrons. The predicted octanol–water partition coefficient (Wildman–Crippen LogP) is -1.25. The van der Waals surface area contributed by atoms with Crippen molar-refractivity contribution >= 4 is 17.1 Å². The minimum atomic E-state index is -2.61. The summed E-state index contributed by atoms with van der Waals surface area (Å²) in [5, 5.41) is 21.8. The molecule has 0 radical (unpaired) electrons. The summed E-state index contributed by atoms with van der Waals surface area (Å²) in [6.45, 7) is -0.618. The summed E-state index contributed by atoms with van der Waals surface area (Å²) in [6, 6.07) is 0. The van der Waals surface area contributed by atoms with Crippen LogP contribution in [-0.4, -0.2) is 61.3 Å². The number of nitrogens with zero attached hydrogens (tertiary/aromatic N) is 3. The Labute approximate surface area is 129 Å². The van der Waals surface area contributed by atoms with E-state index in [0.29, 0.717) is 0 Å². The van der Waals surface area contributed by atoms with Gasteiger partial charge in [0.05, 0.1) is 12.9 Å². The molecule has 1 aliphatic rings. The maximum absolute atomic E-state index is 15.0. The first-order chi connectivity index (χ1) is 11.0. The lowest BCUT2D eigenvalue weighted by molar-refractivity contribution is -0.0504. The summed E-state index contributed by atoms with van der Waals surface area (Å²) >= 11 is 0. The highest BCUT2D eigenvalue weighted by molar-refractivity contribution is 5.71. The summed E-state index contributed by atoms with van der Waals surface area (Å²) in [5.74, 6) is 2.01. The van der Waals surface area contributed by atoms with Gasteiger partial charge in [0.15, 0.2) is 17.4 Å². The first-order valence-corrected chi connectivity index (χ1v) is 6.72. The van der Waals surface area contributed by atoms with Gasteiger partial charge in [0.2, 0.25) is 11.6 Å². The monoisotopic (exact) mass is 323 g/mol. The molecule has 0 bridgehead atoms. The lowest BCUT2D eigenvalue weighted by Gasteiger charge is -2.23. The number of terminal acetylenes is 1. The number of halogens is 1. The summed E-state index contributed by atoms with van der Waals surface area (Å²) in [5.41, 5.74) is -3.13. The SMILES string of the molecule is C#CC1(F)[C@@H](O)[C@@H](CO)O[C@H]1n1cnc2c(=O)[nH]c(NC)nc21. The molecule has 3 heterocycles. The Morgan fingerprint density at radius 2 is 2.43 bits per heavy atom. The molecule has 1 unspecified atom stereocenters. The van der Waals surface area contributed by atoms with Crippen LogP contribution in [0.5, 0.6) is 0 Å². The number of alkyl halides is 1. The third-order valence-corrected chi connectivity index (χ3v) is 3.77. The van der Waals surface area contributed by atoms with E-state index in [1.807, 2.05) is 5.92 Å². The average Bonchev–Trinajstić information content (AvgIpc) is 3.08. The minimum absolute atomic E-state index is 0.0334. The first-order valence-electron chi connectivity index (χ1n) is 6.72. The molecule has 1 saturated heterocycles. The van der Waals surface area contributed by atoms with Gasteiger partial charge >= 0.3 is 0 Å². The fourth-order valence-electron chi connectivity index (χ4n) is 2.54. The Morgan fingerprint density at radius 1 is 1.70 bits per heavy atom. The summed E-state index contributed by atoms with van der Waals surface area (Å²) in [6.07, 6.45) is 1.95. The Kier molecular flexibility index (Phi) is 3.56. The standard InChI is InChI=1S/C13H14FN5O4/c1-3-13(14)8(21)6(4-20)23-11(13)19-5-16-7-9(19)17-12(15-2)18-10(7)22/h1,5-6,8,11,20-21H,4H2,2H3,(H2,15,17,18,22)/t6-,8+,11-,13?/m1/s1. The van der Waals surface area contributed by atoms with Crippen molar-refractivity contribution in [2.45, 2.75) is 24.1 Å². The van der Waals surface area contributed by atoms with E-state index in [2.05, 4.69) is 20.3 Å². The Balaban J connectivity index is 2.18. The summed E-state index contributed by atoms with van der Waals surface area (Å²) in [7, 11) is 1.54. The second-order valence-corrected chi connectivity index (χ2v) is 5.06. The quantitative estimate of drug-likeness (QED) is 0.520. The van der Waals surface area contributed by atoms with E-state index in [1.165, 1.54) is 0 Å². The number of fused-ring (bicyclic) bond motifs is 1. The lowest BCUT2D eigenvalue weighted by atomic mass is 9.97. The zero-order valence-corrected chi connectivity index (χ0v) is 12.0. The van der Waals surface area contributed by atoms with Gasteiger partial charge in [-0.1, -0.05) is 5.92 Å². The number of rotatable bonds is 3. The number of aromatic amines is 1. The number of hydrogen-bond donors (Lipinski definition) is 4. The van der Waals surface area contributed by atoms with Crippen molar-refractivity contribution in [3.63, 3.8) is 0 Å². The van der Waals surface area contributed by atoms with Gasteiger partial charge in [0.25, 0.3) is 5.56 Å². The van der Waals surface area contributed by atoms with Gasteiger partial charge in [0, 0.05) is 7.05 Å². The van der Waals surface area contributed by atoms with Crippen molar-refractivity contribution in [2.24, 2.45) is 0 Å². The molecule has 23 heavy (non-hydrogen) atoms. The molecule has 4 N–H and O–H groups in total. The van der Waals surface area contributed by atoms with Crippen LogP contribution < -0.4 is 10.9 Å². The van der Waals surface area contributed by atoms with Gasteiger partial charge in [0.1, 0.15) is 12.2 Å². The van der Waals surface area contributed by atoms with Crippen molar-refractivity contribution < 1.29 is 19.3 Å². The molecule has 10 heteroatoms. The second-order valence-electron chi connectivity index (χ2n) is 5.06. The number of ether oxygens (including phenoxy) is 1. The molecule has 0 aromatic carbocycles.